The molecule has 0 saturated heterocycles. The van der Waals surface area contributed by atoms with Crippen molar-refractivity contribution in [2.45, 2.75) is 45.8 Å². The first-order chi connectivity index (χ1) is 21.4. The largest absolute Gasteiger partial charge is 0.488 e. The first-order valence-corrected chi connectivity index (χ1v) is 19.0. The Labute approximate surface area is 283 Å². The molecule has 1 aromatic heterocycles. The molecule has 2 amide bonds. The lowest BCUT2D eigenvalue weighted by atomic mass is 9.79. The van der Waals surface area contributed by atoms with Crippen LogP contribution in [-0.4, -0.2) is 68.9 Å². The molecule has 4 aromatic rings. The van der Waals surface area contributed by atoms with E-state index in [0.29, 0.717) is 36.4 Å². The molecule has 10 nitrogen and oxygen atoms in total. The van der Waals surface area contributed by atoms with Crippen molar-refractivity contribution >= 4 is 81.2 Å². The highest BCUT2D eigenvalue weighted by Gasteiger charge is 2.23. The quantitative estimate of drug-likeness (QED) is 0.0607. The summed E-state index contributed by atoms with van der Waals surface area (Å²) in [6.45, 7) is 6.80. The number of ether oxygens (including phenoxy) is 1. The number of halogens is 2. The lowest BCUT2D eigenvalue weighted by molar-refractivity contribution is -0.121. The number of rotatable bonds is 13. The Morgan fingerprint density at radius 3 is 2.53 bits per heavy atom. The molecule has 0 spiro atoms. The highest BCUT2D eigenvalue weighted by atomic mass is 127. The number of benzene rings is 3. The SMILES string of the molecule is CC(C)(C)OC(=O)N(CCC(=O)NCCCNc1cc(B(O)O)cc2c1cnn2PI)Cc1ccc(-c2ccccc2)c(Cl)c1. The van der Waals surface area contributed by atoms with Gasteiger partial charge >= 0.3 is 13.2 Å². The summed E-state index contributed by atoms with van der Waals surface area (Å²) in [7, 11) is -1.60. The van der Waals surface area contributed by atoms with Crippen LogP contribution in [-0.2, 0) is 16.1 Å². The summed E-state index contributed by atoms with van der Waals surface area (Å²) in [4.78, 5) is 27.3. The van der Waals surface area contributed by atoms with Gasteiger partial charge in [-0.25, -0.2) is 9.25 Å². The van der Waals surface area contributed by atoms with Crippen molar-refractivity contribution in [3.8, 4) is 11.1 Å². The number of aromatic nitrogens is 2. The fourth-order valence-corrected chi connectivity index (χ4v) is 6.51. The van der Waals surface area contributed by atoms with Crippen LogP contribution >= 0.6 is 40.0 Å². The van der Waals surface area contributed by atoms with Gasteiger partial charge in [0.15, 0.2) is 0 Å². The van der Waals surface area contributed by atoms with Crippen LogP contribution in [0.15, 0.2) is 66.9 Å². The molecule has 0 aliphatic rings. The Kier molecular flexibility index (Phi) is 12.5. The first-order valence-electron chi connectivity index (χ1n) is 14.5. The minimum absolute atomic E-state index is 0.107. The Hall–Kier alpha value is -2.90. The number of hydrogen-bond acceptors (Lipinski definition) is 7. The molecule has 45 heavy (non-hydrogen) atoms. The topological polar surface area (TPSA) is 129 Å². The standard InChI is InChI=1S/C31H37BClIN5O5P/c1-31(2,3)44-30(41)38(20-21-10-11-24(26(33)16-21)22-8-5-4-6-9-22)15-12-29(40)36-14-7-13-35-27-17-23(32(42)43)18-28-25(27)19-37-39(28)45-34/h4-6,8-11,16-19,35,42-43,45H,7,12-15,20H2,1-3H3,(H,36,40). The van der Waals surface area contributed by atoms with Gasteiger partial charge in [0, 0.05) is 54.3 Å². The zero-order valence-electron chi connectivity index (χ0n) is 25.4. The molecule has 3 aromatic carbocycles. The van der Waals surface area contributed by atoms with Crippen molar-refractivity contribution in [2.24, 2.45) is 0 Å². The number of nitrogens with zero attached hydrogens (tertiary/aromatic N) is 3. The van der Waals surface area contributed by atoms with E-state index in [4.69, 9.17) is 16.3 Å². The van der Waals surface area contributed by atoms with Crippen molar-refractivity contribution in [3.05, 3.63) is 77.4 Å². The summed E-state index contributed by atoms with van der Waals surface area (Å²) in [5.74, 6) is -0.182. The minimum Gasteiger partial charge on any atom is -0.444 e. The van der Waals surface area contributed by atoms with Crippen LogP contribution in [0.4, 0.5) is 10.5 Å². The molecule has 0 saturated carbocycles. The second kappa shape index (κ2) is 16.1. The third kappa shape index (κ3) is 10.0. The van der Waals surface area contributed by atoms with E-state index in [1.807, 2.05) is 53.0 Å². The summed E-state index contributed by atoms with van der Waals surface area (Å²) in [6.07, 6.45) is 2.35. The molecule has 0 bridgehead atoms. The van der Waals surface area contributed by atoms with Gasteiger partial charge in [-0.05, 0) is 84.0 Å². The van der Waals surface area contributed by atoms with Crippen LogP contribution in [0.3, 0.4) is 0 Å². The van der Waals surface area contributed by atoms with Gasteiger partial charge in [-0.15, -0.1) is 0 Å². The van der Waals surface area contributed by atoms with Gasteiger partial charge in [0.2, 0.25) is 5.91 Å². The smallest absolute Gasteiger partial charge is 0.444 e. The average Bonchev–Trinajstić information content (AvgIpc) is 3.42. The van der Waals surface area contributed by atoms with Crippen LogP contribution in [0, 0.1) is 0 Å². The van der Waals surface area contributed by atoms with Gasteiger partial charge in [0.05, 0.1) is 18.1 Å². The van der Waals surface area contributed by atoms with E-state index >= 15 is 0 Å². The second-order valence-electron chi connectivity index (χ2n) is 11.5. The number of nitrogens with one attached hydrogen (secondary N) is 2. The van der Waals surface area contributed by atoms with E-state index in [0.717, 1.165) is 33.3 Å². The highest BCUT2D eigenvalue weighted by molar-refractivity contribution is 14.2. The molecular weight excluding hydrogens is 727 g/mol. The van der Waals surface area contributed by atoms with E-state index < -0.39 is 18.8 Å². The van der Waals surface area contributed by atoms with Gasteiger partial charge in [-0.2, -0.15) is 5.10 Å². The van der Waals surface area contributed by atoms with Crippen molar-refractivity contribution < 1.29 is 24.4 Å². The number of anilines is 1. The molecule has 0 fully saturated rings. The van der Waals surface area contributed by atoms with Crippen LogP contribution in [0.25, 0.3) is 22.0 Å². The fourth-order valence-electron chi connectivity index (χ4n) is 4.67. The molecule has 1 unspecified atom stereocenters. The molecule has 0 radical (unpaired) electrons. The van der Waals surface area contributed by atoms with Crippen LogP contribution in [0.2, 0.25) is 5.02 Å². The molecule has 1 atom stereocenters. The Balaban J connectivity index is 1.31. The van der Waals surface area contributed by atoms with Crippen molar-refractivity contribution in [2.75, 3.05) is 25.0 Å². The van der Waals surface area contributed by atoms with E-state index in [1.165, 1.54) is 4.90 Å². The lowest BCUT2D eigenvalue weighted by Crippen LogP contribution is -2.39. The molecule has 4 N–H and O–H groups in total. The molecule has 0 aliphatic heterocycles. The Bertz CT molecular complexity index is 1620. The average molecular weight is 764 g/mol. The maximum atomic E-state index is 13.1. The summed E-state index contributed by atoms with van der Waals surface area (Å²) < 4.78 is 7.43. The lowest BCUT2D eigenvalue weighted by Gasteiger charge is -2.27. The zero-order chi connectivity index (χ0) is 32.6. The van der Waals surface area contributed by atoms with E-state index in [1.54, 1.807) is 39.1 Å². The summed E-state index contributed by atoms with van der Waals surface area (Å²) >= 11 is 8.83. The van der Waals surface area contributed by atoms with E-state index in [-0.39, 0.29) is 25.4 Å². The van der Waals surface area contributed by atoms with E-state index in [2.05, 4.69) is 37.8 Å². The number of fused-ring (bicyclic) bond motifs is 1. The third-order valence-corrected chi connectivity index (χ3v) is 9.03. The second-order valence-corrected chi connectivity index (χ2v) is 13.9. The Morgan fingerprint density at radius 2 is 1.87 bits per heavy atom. The van der Waals surface area contributed by atoms with Crippen molar-refractivity contribution in [1.82, 2.24) is 19.8 Å². The molecular formula is C31H37BClIN5O5P. The molecule has 4 rings (SSSR count). The van der Waals surface area contributed by atoms with Crippen molar-refractivity contribution in [3.63, 3.8) is 0 Å². The fraction of sp³-hybridized carbons (Fsp3) is 0.323. The summed E-state index contributed by atoms with van der Waals surface area (Å²) in [5, 5.41) is 31.5. The van der Waals surface area contributed by atoms with Crippen LogP contribution in [0.5, 0.6) is 0 Å². The minimum atomic E-state index is -1.60. The number of carbonyl (C=O) groups is 2. The Morgan fingerprint density at radius 1 is 1.11 bits per heavy atom. The highest BCUT2D eigenvalue weighted by Crippen LogP contribution is 2.31. The monoisotopic (exact) mass is 763 g/mol. The molecule has 238 valence electrons. The maximum absolute atomic E-state index is 13.1. The maximum Gasteiger partial charge on any atom is 0.488 e. The molecule has 1 heterocycles. The van der Waals surface area contributed by atoms with E-state index in [9.17, 15) is 19.6 Å². The van der Waals surface area contributed by atoms with Gasteiger partial charge in [0.25, 0.3) is 0 Å². The zero-order valence-corrected chi connectivity index (χ0v) is 29.3. The number of carbonyl (C=O) groups excluding carboxylic acids is 2. The van der Waals surface area contributed by atoms with Crippen LogP contribution in [0.1, 0.15) is 39.2 Å². The van der Waals surface area contributed by atoms with Crippen molar-refractivity contribution in [1.29, 1.82) is 0 Å². The predicted octanol–water partition coefficient (Wildman–Crippen LogP) is 5.57. The first kappa shape index (κ1) is 35.0. The number of amides is 2. The molecule has 0 aliphatic carbocycles. The van der Waals surface area contributed by atoms with Gasteiger partial charge in [-0.3, -0.25) is 4.79 Å². The summed E-state index contributed by atoms with van der Waals surface area (Å²) in [5.41, 5.74) is 3.98. The van der Waals surface area contributed by atoms with Gasteiger partial charge < -0.3 is 30.3 Å². The predicted molar refractivity (Wildman–Crippen MR) is 192 cm³/mol. The molecule has 14 heteroatoms. The third-order valence-electron chi connectivity index (χ3n) is 6.83. The number of hydrogen-bond donors (Lipinski definition) is 4. The normalized spacial score (nSPS) is 11.6. The van der Waals surface area contributed by atoms with Gasteiger partial charge in [0.1, 0.15) is 5.60 Å². The van der Waals surface area contributed by atoms with Crippen LogP contribution < -0.4 is 16.1 Å². The van der Waals surface area contributed by atoms with Gasteiger partial charge in [-0.1, -0.05) is 54.1 Å². The summed E-state index contributed by atoms with van der Waals surface area (Å²) in [6, 6.07) is 19.0.